The highest BCUT2D eigenvalue weighted by atomic mass is 35.5. The number of piperidine rings is 2. The van der Waals surface area contributed by atoms with Crippen molar-refractivity contribution in [3.8, 4) is 0 Å². The number of aliphatic imine (C=N–C) groups is 1. The SMILES string of the molecule is CC(C)(C)[C@H](N)C(=O)N1C[C@H]2[C@@H]([C@H]1C(=O)NC(CC1CC1)C(=O)C(N)=O)C2(C)C.CC(C)[C@H](N=C=O)C(=O)OC(C)(C)C.CC(C)[C@H](NC(=O)N[C@H](C(=O)N1C[C@H]2[C@@H]([C@H]1C(=O)NC(CC1CC1)C(=O)C(N)=O)C2(C)C)C(C)(C)C)C(=O)OC(C)(C)C.Cl. The van der Waals surface area contributed by atoms with Crippen LogP contribution in [0.3, 0.4) is 0 Å². The number of likely N-dealkylation sites (tertiary alicyclic amines) is 2. The molecule has 6 aliphatic rings. The van der Waals surface area contributed by atoms with Crippen LogP contribution in [0, 0.1) is 69.0 Å². The van der Waals surface area contributed by atoms with E-state index < -0.39 is 129 Å². The molecule has 2 heterocycles. The van der Waals surface area contributed by atoms with Gasteiger partial charge in [0.1, 0.15) is 35.4 Å². The highest BCUT2D eigenvalue weighted by molar-refractivity contribution is 6.38. The van der Waals surface area contributed by atoms with E-state index in [4.69, 9.17) is 26.7 Å². The number of hydrogen-bond acceptors (Lipinski definition) is 16. The maximum atomic E-state index is 14.1. The minimum Gasteiger partial charge on any atom is -0.458 e. The third kappa shape index (κ3) is 19.7. The van der Waals surface area contributed by atoms with Crippen molar-refractivity contribution in [2.75, 3.05) is 13.1 Å². The fourth-order valence-corrected chi connectivity index (χ4v) is 11.8. The van der Waals surface area contributed by atoms with Gasteiger partial charge in [-0.25, -0.2) is 19.2 Å². The topological polar surface area (TPSA) is 368 Å². The number of fused-ring (bicyclic) bond motifs is 2. The van der Waals surface area contributed by atoms with Crippen LogP contribution in [0.4, 0.5) is 4.79 Å². The third-order valence-corrected chi connectivity index (χ3v) is 17.5. The summed E-state index contributed by atoms with van der Waals surface area (Å²) in [6.45, 7) is 37.8. The van der Waals surface area contributed by atoms with E-state index in [2.05, 4.69) is 40.1 Å². The minimum atomic E-state index is -1.11. The number of nitrogens with two attached hydrogens (primary N) is 3. The van der Waals surface area contributed by atoms with Gasteiger partial charge in [0.05, 0.1) is 18.1 Å². The molecule has 0 bridgehead atoms. The molecule has 4 aliphatic carbocycles. The predicted octanol–water partition coefficient (Wildman–Crippen LogP) is 4.18. The normalized spacial score (nSPS) is 24.2. The van der Waals surface area contributed by atoms with Crippen molar-refractivity contribution < 1.29 is 67.0 Å². The van der Waals surface area contributed by atoms with Gasteiger partial charge in [-0.3, -0.25) is 38.4 Å². The molecule has 6 fully saturated rings. The molecule has 24 nitrogen and oxygen atoms in total. The van der Waals surface area contributed by atoms with Crippen molar-refractivity contribution in [3.63, 3.8) is 0 Å². The number of halogens is 1. The van der Waals surface area contributed by atoms with Gasteiger partial charge >= 0.3 is 18.0 Å². The van der Waals surface area contributed by atoms with E-state index in [1.807, 2.05) is 34.6 Å². The lowest BCUT2D eigenvalue weighted by Gasteiger charge is -2.38. The zero-order valence-corrected chi connectivity index (χ0v) is 55.9. The van der Waals surface area contributed by atoms with E-state index in [9.17, 15) is 57.5 Å². The minimum absolute atomic E-state index is 0. The molecule has 0 aromatic heterocycles. The standard InChI is InChI=1S/C31H51N5O7.C21H34N4O4.C10H17NO3.ClH/c1-15(2)20(27(41)43-30(6,7)8)34-28(42)35-23(29(3,4)5)26(40)36-14-17-19(31(17,9)10)21(36)25(39)33-18(13-16-11-12-16)22(37)24(32)38;1-20(2,3)16(22)19(29)25-9-11-13(21(11,4)5)14(25)18(28)24-12(8-10-6-7-10)15(26)17(23)27;1-7(2)8(11-6-12)9(13)14-10(3,4)5;/h15-21,23H,11-14H2,1-10H3,(H2,32,38)(H,33,39)(H2,34,35,42);10-14,16H,6-9,22H2,1-5H3,(H2,23,27)(H,24,28);7-8H,1-5H3;1H/t17-,18?,19-,20-,21-,23+;11-,12?,13-,14-,16+;8-;/m000./s1. The second-order valence-electron chi connectivity index (χ2n) is 30.7. The number of nitrogens with zero attached hydrogens (tertiary/aromatic N) is 3. The number of esters is 2. The zero-order valence-electron chi connectivity index (χ0n) is 55.1. The molecule has 25 heteroatoms. The first-order valence-corrected chi connectivity index (χ1v) is 30.3. The van der Waals surface area contributed by atoms with Crippen LogP contribution in [0.2, 0.25) is 0 Å². The molecule has 10 N–H and O–H groups in total. The van der Waals surface area contributed by atoms with E-state index >= 15 is 0 Å². The number of Topliss-reactive ketones (excluding diaryl/α,β-unsaturated/α-hetero) is 2. The van der Waals surface area contributed by atoms with Gasteiger partial charge in [0.2, 0.25) is 41.3 Å². The molecule has 12 atom stereocenters. The van der Waals surface area contributed by atoms with Crippen LogP contribution in [0.25, 0.3) is 0 Å². The summed E-state index contributed by atoms with van der Waals surface area (Å²) in [5, 5.41) is 10.9. The summed E-state index contributed by atoms with van der Waals surface area (Å²) >= 11 is 0. The van der Waals surface area contributed by atoms with Gasteiger partial charge in [-0.1, -0.05) is 123 Å². The van der Waals surface area contributed by atoms with E-state index in [1.165, 1.54) is 11.0 Å². The number of amides is 8. The van der Waals surface area contributed by atoms with Gasteiger partial charge in [-0.15, -0.1) is 12.4 Å². The fourth-order valence-electron chi connectivity index (χ4n) is 11.8. The van der Waals surface area contributed by atoms with E-state index in [1.54, 1.807) is 94.9 Å². The molecule has 4 saturated carbocycles. The van der Waals surface area contributed by atoms with Gasteiger partial charge in [0, 0.05) is 13.1 Å². The van der Waals surface area contributed by atoms with Crippen molar-refractivity contribution in [1.82, 2.24) is 31.1 Å². The molecule has 0 radical (unpaired) electrons. The number of primary amides is 2. The number of ether oxygens (including phenoxy) is 2. The van der Waals surface area contributed by atoms with Gasteiger partial charge in [0.15, 0.2) is 6.04 Å². The maximum absolute atomic E-state index is 14.1. The summed E-state index contributed by atoms with van der Waals surface area (Å²) in [7, 11) is 0. The van der Waals surface area contributed by atoms with Crippen LogP contribution >= 0.6 is 12.4 Å². The third-order valence-electron chi connectivity index (χ3n) is 17.5. The first-order valence-electron chi connectivity index (χ1n) is 30.3. The largest absolute Gasteiger partial charge is 0.458 e. The summed E-state index contributed by atoms with van der Waals surface area (Å²) in [6, 6.07) is -7.70. The number of carbonyl (C=O) groups is 11. The lowest BCUT2D eigenvalue weighted by atomic mass is 9.85. The van der Waals surface area contributed by atoms with Crippen LogP contribution < -0.4 is 38.5 Å². The van der Waals surface area contributed by atoms with Gasteiger partial charge in [-0.05, 0) is 123 Å². The average molecular weight is 1250 g/mol. The van der Waals surface area contributed by atoms with E-state index in [-0.39, 0.29) is 70.6 Å². The average Bonchev–Trinajstić information content (AvgIpc) is 1.54. The Bertz CT molecular complexity index is 2650. The zero-order chi connectivity index (χ0) is 66.1. The number of rotatable bonds is 21. The molecular formula is C62H103ClN10O14. The first kappa shape index (κ1) is 75.3. The fraction of sp³-hybridized carbons (Fsp3) is 0.806. The molecular weight excluding hydrogens is 1140 g/mol. The quantitative estimate of drug-likeness (QED) is 0.0367. The molecule has 2 unspecified atom stereocenters. The second-order valence-corrected chi connectivity index (χ2v) is 30.7. The number of hydrogen-bond donors (Lipinski definition) is 7. The smallest absolute Gasteiger partial charge is 0.332 e. The Hall–Kier alpha value is -6.00. The Morgan fingerprint density at radius 1 is 0.575 bits per heavy atom. The Labute approximate surface area is 520 Å². The Balaban J connectivity index is 0.000000386. The highest BCUT2D eigenvalue weighted by Crippen LogP contribution is 2.66. The summed E-state index contributed by atoms with van der Waals surface area (Å²) in [6.07, 6.45) is 5.91. The molecule has 2 saturated heterocycles. The van der Waals surface area contributed by atoms with Crippen LogP contribution in [-0.2, 0) is 62.2 Å². The molecule has 8 amide bonds. The first-order chi connectivity index (χ1) is 39.1. The van der Waals surface area contributed by atoms with Crippen LogP contribution in [0.1, 0.15) is 177 Å². The van der Waals surface area contributed by atoms with Gasteiger partial charge < -0.3 is 57.7 Å². The Morgan fingerprint density at radius 3 is 1.26 bits per heavy atom. The summed E-state index contributed by atoms with van der Waals surface area (Å²) < 4.78 is 10.6. The molecule has 87 heavy (non-hydrogen) atoms. The monoisotopic (exact) mass is 1250 g/mol. The van der Waals surface area contributed by atoms with Crippen molar-refractivity contribution in [2.45, 2.75) is 237 Å². The van der Waals surface area contributed by atoms with E-state index in [0.717, 1.165) is 25.7 Å². The maximum Gasteiger partial charge on any atom is 0.332 e. The van der Waals surface area contributed by atoms with Gasteiger partial charge in [0.25, 0.3) is 11.8 Å². The lowest BCUT2D eigenvalue weighted by molar-refractivity contribution is -0.159. The van der Waals surface area contributed by atoms with Crippen molar-refractivity contribution >= 4 is 83.5 Å². The molecule has 492 valence electrons. The number of carbonyl (C=O) groups excluding carboxylic acids is 12. The van der Waals surface area contributed by atoms with Crippen LogP contribution in [-0.4, -0.2) is 153 Å². The van der Waals surface area contributed by atoms with Crippen LogP contribution in [0.15, 0.2) is 4.99 Å². The van der Waals surface area contributed by atoms with Crippen LogP contribution in [0.5, 0.6) is 0 Å². The summed E-state index contributed by atoms with van der Waals surface area (Å²) in [5.41, 5.74) is 13.9. The van der Waals surface area contributed by atoms with Crippen molar-refractivity contribution in [1.29, 1.82) is 0 Å². The summed E-state index contributed by atoms with van der Waals surface area (Å²) in [4.78, 5) is 156. The number of ketones is 2. The molecule has 2 aliphatic heterocycles. The van der Waals surface area contributed by atoms with Gasteiger partial charge in [-0.2, -0.15) is 4.99 Å². The molecule has 0 aromatic carbocycles. The molecule has 6 rings (SSSR count). The van der Waals surface area contributed by atoms with Crippen molar-refractivity contribution in [3.05, 3.63) is 0 Å². The Morgan fingerprint density at radius 2 is 0.954 bits per heavy atom. The summed E-state index contributed by atoms with van der Waals surface area (Å²) in [5.74, 6) is -6.05. The highest BCUT2D eigenvalue weighted by Gasteiger charge is 2.71. The van der Waals surface area contributed by atoms with E-state index in [0.29, 0.717) is 31.8 Å². The Kier molecular flexibility index (Phi) is 24.4. The number of isocyanates is 1. The second kappa shape index (κ2) is 28.2. The predicted molar refractivity (Wildman–Crippen MR) is 326 cm³/mol. The number of nitrogens with one attached hydrogen (secondary N) is 4. The molecule has 0 spiro atoms. The van der Waals surface area contributed by atoms with Crippen molar-refractivity contribution in [2.24, 2.45) is 91.2 Å². The lowest BCUT2D eigenvalue weighted by Crippen LogP contribution is -2.62. The number of urea groups is 1. The molecule has 0 aromatic rings.